The Morgan fingerprint density at radius 1 is 1.77 bits per heavy atom. The molecule has 1 unspecified atom stereocenters. The van der Waals surface area contributed by atoms with Crippen LogP contribution in [0.3, 0.4) is 0 Å². The van der Waals surface area contributed by atoms with E-state index in [1.54, 1.807) is 0 Å². The summed E-state index contributed by atoms with van der Waals surface area (Å²) in [6.07, 6.45) is 1.68. The average molecular weight is 187 g/mol. The minimum atomic E-state index is -0.439. The maximum absolute atomic E-state index is 11.3. The zero-order valence-corrected chi connectivity index (χ0v) is 7.95. The molecule has 0 bridgehead atoms. The molecule has 1 heterocycles. The number of amides is 1. The molecule has 76 valence electrons. The zero-order valence-electron chi connectivity index (χ0n) is 7.95. The van der Waals surface area contributed by atoms with Crippen molar-refractivity contribution in [3.63, 3.8) is 0 Å². The van der Waals surface area contributed by atoms with Crippen LogP contribution in [0.5, 0.6) is 0 Å². The van der Waals surface area contributed by atoms with Crippen molar-refractivity contribution in [2.24, 2.45) is 0 Å². The number of aliphatic hydroxyl groups is 1. The van der Waals surface area contributed by atoms with Gasteiger partial charge in [-0.3, -0.25) is 4.79 Å². The van der Waals surface area contributed by atoms with Gasteiger partial charge in [0.15, 0.2) is 0 Å². The summed E-state index contributed by atoms with van der Waals surface area (Å²) in [5, 5.41) is 11.9. The second kappa shape index (κ2) is 5.19. The fraction of sp³-hybridized carbons (Fsp3) is 0.889. The van der Waals surface area contributed by atoms with E-state index in [-0.39, 0.29) is 12.0 Å². The molecule has 0 aliphatic carbocycles. The fourth-order valence-electron chi connectivity index (χ4n) is 1.26. The first-order valence-electron chi connectivity index (χ1n) is 4.81. The fourth-order valence-corrected chi connectivity index (χ4v) is 1.26. The first-order valence-corrected chi connectivity index (χ1v) is 4.81. The predicted molar refractivity (Wildman–Crippen MR) is 48.3 cm³/mol. The van der Waals surface area contributed by atoms with E-state index in [9.17, 15) is 9.90 Å². The number of carbonyl (C=O) groups is 1. The zero-order chi connectivity index (χ0) is 9.68. The average Bonchev–Trinajstić information content (AvgIpc) is 2.66. The molecule has 1 aliphatic rings. The van der Waals surface area contributed by atoms with E-state index >= 15 is 0 Å². The Balaban J connectivity index is 2.16. The van der Waals surface area contributed by atoms with Gasteiger partial charge in [-0.2, -0.15) is 0 Å². The summed E-state index contributed by atoms with van der Waals surface area (Å²) in [5.41, 5.74) is 0. The van der Waals surface area contributed by atoms with Crippen LogP contribution < -0.4 is 5.32 Å². The van der Waals surface area contributed by atoms with Crippen LogP contribution in [-0.4, -0.2) is 36.4 Å². The molecule has 2 atom stereocenters. The van der Waals surface area contributed by atoms with Crippen LogP contribution in [0.25, 0.3) is 0 Å². The molecular weight excluding hydrogens is 170 g/mol. The lowest BCUT2D eigenvalue weighted by Crippen LogP contribution is -2.38. The van der Waals surface area contributed by atoms with E-state index in [2.05, 4.69) is 5.32 Å². The lowest BCUT2D eigenvalue weighted by molar-refractivity contribution is -0.130. The molecule has 1 amide bonds. The van der Waals surface area contributed by atoms with Gasteiger partial charge < -0.3 is 15.2 Å². The Labute approximate surface area is 78.3 Å². The first kappa shape index (κ1) is 10.5. The predicted octanol–water partition coefficient (Wildman–Crippen LogP) is 0.0525. The summed E-state index contributed by atoms with van der Waals surface area (Å²) in [4.78, 5) is 11.3. The van der Waals surface area contributed by atoms with Crippen molar-refractivity contribution in [3.05, 3.63) is 0 Å². The molecule has 0 aromatic carbocycles. The highest BCUT2D eigenvalue weighted by molar-refractivity contribution is 5.80. The molecule has 1 fully saturated rings. The molecule has 2 N–H and O–H groups in total. The Morgan fingerprint density at radius 3 is 3.08 bits per heavy atom. The maximum Gasteiger partial charge on any atom is 0.249 e. The molecule has 1 saturated heterocycles. The van der Waals surface area contributed by atoms with Gasteiger partial charge in [0.25, 0.3) is 0 Å². The third-order valence-electron chi connectivity index (χ3n) is 2.21. The molecule has 0 saturated carbocycles. The van der Waals surface area contributed by atoms with E-state index in [1.165, 1.54) is 0 Å². The van der Waals surface area contributed by atoms with Crippen LogP contribution in [0.1, 0.15) is 26.2 Å². The van der Waals surface area contributed by atoms with Crippen LogP contribution in [0.2, 0.25) is 0 Å². The Bertz CT molecular complexity index is 166. The van der Waals surface area contributed by atoms with Gasteiger partial charge in [-0.1, -0.05) is 6.92 Å². The minimum Gasteiger partial charge on any atom is -0.391 e. The second-order valence-corrected chi connectivity index (χ2v) is 3.31. The Kier molecular flexibility index (Phi) is 4.18. The summed E-state index contributed by atoms with van der Waals surface area (Å²) in [7, 11) is 0. The molecule has 0 aromatic rings. The highest BCUT2D eigenvalue weighted by Gasteiger charge is 2.23. The van der Waals surface area contributed by atoms with Gasteiger partial charge in [-0.05, 0) is 19.3 Å². The Hall–Kier alpha value is -0.610. The van der Waals surface area contributed by atoms with Crippen LogP contribution in [0, 0.1) is 0 Å². The topological polar surface area (TPSA) is 58.6 Å². The summed E-state index contributed by atoms with van der Waals surface area (Å²) < 4.78 is 5.19. The lowest BCUT2D eigenvalue weighted by Gasteiger charge is -2.12. The van der Waals surface area contributed by atoms with Gasteiger partial charge in [0.1, 0.15) is 6.10 Å². The number of ether oxygens (including phenoxy) is 1. The maximum atomic E-state index is 11.3. The van der Waals surface area contributed by atoms with Gasteiger partial charge in [0.05, 0.1) is 6.10 Å². The molecular formula is C9H17NO3. The summed E-state index contributed by atoms with van der Waals surface area (Å²) in [5.74, 6) is -0.0926. The monoisotopic (exact) mass is 187 g/mol. The summed E-state index contributed by atoms with van der Waals surface area (Å²) in [6.45, 7) is 2.88. The summed E-state index contributed by atoms with van der Waals surface area (Å²) in [6, 6.07) is 0. The molecule has 4 heteroatoms. The second-order valence-electron chi connectivity index (χ2n) is 3.31. The van der Waals surface area contributed by atoms with E-state index in [0.717, 1.165) is 12.8 Å². The van der Waals surface area contributed by atoms with E-state index < -0.39 is 6.10 Å². The van der Waals surface area contributed by atoms with Gasteiger partial charge in [0, 0.05) is 13.2 Å². The molecule has 1 rings (SSSR count). The van der Waals surface area contributed by atoms with Gasteiger partial charge >= 0.3 is 0 Å². The van der Waals surface area contributed by atoms with Crippen molar-refractivity contribution in [2.45, 2.75) is 38.4 Å². The van der Waals surface area contributed by atoms with Crippen LogP contribution in [0.15, 0.2) is 0 Å². The number of aliphatic hydroxyl groups excluding tert-OH is 1. The van der Waals surface area contributed by atoms with Crippen LogP contribution in [-0.2, 0) is 9.53 Å². The molecule has 1 aliphatic heterocycles. The number of hydrogen-bond donors (Lipinski definition) is 2. The van der Waals surface area contributed by atoms with Crippen molar-refractivity contribution in [3.8, 4) is 0 Å². The normalized spacial score (nSPS) is 24.3. The van der Waals surface area contributed by atoms with Gasteiger partial charge in [-0.25, -0.2) is 0 Å². The molecule has 0 spiro atoms. The Morgan fingerprint density at radius 2 is 2.54 bits per heavy atom. The number of rotatable bonds is 4. The quantitative estimate of drug-likeness (QED) is 0.654. The highest BCUT2D eigenvalue weighted by atomic mass is 16.5. The lowest BCUT2D eigenvalue weighted by atomic mass is 10.2. The minimum absolute atomic E-state index is 0.0926. The molecule has 0 aromatic heterocycles. The summed E-state index contributed by atoms with van der Waals surface area (Å²) >= 11 is 0. The van der Waals surface area contributed by atoms with Crippen molar-refractivity contribution in [1.82, 2.24) is 5.32 Å². The van der Waals surface area contributed by atoms with Crippen molar-refractivity contribution in [1.29, 1.82) is 0 Å². The third-order valence-corrected chi connectivity index (χ3v) is 2.21. The van der Waals surface area contributed by atoms with E-state index in [1.807, 2.05) is 6.92 Å². The van der Waals surface area contributed by atoms with E-state index in [4.69, 9.17) is 4.74 Å². The number of hydrogen-bond acceptors (Lipinski definition) is 3. The highest BCUT2D eigenvalue weighted by Crippen LogP contribution is 2.11. The first-order chi connectivity index (χ1) is 6.24. The van der Waals surface area contributed by atoms with Crippen molar-refractivity contribution < 1.29 is 14.6 Å². The van der Waals surface area contributed by atoms with Gasteiger partial charge in [-0.15, -0.1) is 0 Å². The van der Waals surface area contributed by atoms with Crippen LogP contribution in [0.4, 0.5) is 0 Å². The largest absolute Gasteiger partial charge is 0.391 e. The molecule has 4 nitrogen and oxygen atoms in total. The van der Waals surface area contributed by atoms with E-state index in [0.29, 0.717) is 19.6 Å². The number of nitrogens with one attached hydrogen (secondary N) is 1. The molecule has 13 heavy (non-hydrogen) atoms. The van der Waals surface area contributed by atoms with Gasteiger partial charge in [0.2, 0.25) is 5.91 Å². The molecule has 0 radical (unpaired) electrons. The third kappa shape index (κ3) is 3.32. The SMILES string of the molecule is CCC(O)CNC(=O)[C@@H]1CCCO1. The smallest absolute Gasteiger partial charge is 0.249 e. The number of carbonyl (C=O) groups excluding carboxylic acids is 1. The van der Waals surface area contributed by atoms with Crippen molar-refractivity contribution >= 4 is 5.91 Å². The van der Waals surface area contributed by atoms with Crippen molar-refractivity contribution in [2.75, 3.05) is 13.2 Å². The standard InChI is InChI=1S/C9H17NO3/c1-2-7(11)6-10-9(12)8-4-3-5-13-8/h7-8,11H,2-6H2,1H3,(H,10,12)/t7?,8-/m0/s1. The van der Waals surface area contributed by atoms with Crippen LogP contribution >= 0.6 is 0 Å².